The van der Waals surface area contributed by atoms with E-state index in [2.05, 4.69) is 164 Å². The molecule has 4 heterocycles. The van der Waals surface area contributed by atoms with Crippen LogP contribution in [-0.2, 0) is 19.3 Å². The summed E-state index contributed by atoms with van der Waals surface area (Å²) < 4.78 is 1.30. The number of rotatable bonds is 7. The third kappa shape index (κ3) is 7.76. The Balaban J connectivity index is 1.44. The molecule has 2 aliphatic rings. The van der Waals surface area contributed by atoms with Gasteiger partial charge in [-0.3, -0.25) is 19.9 Å². The summed E-state index contributed by atoms with van der Waals surface area (Å²) in [6.07, 6.45) is 17.5. The Morgan fingerprint density at radius 3 is 1.64 bits per heavy atom. The monoisotopic (exact) mass is 880 g/mol. The van der Waals surface area contributed by atoms with Crippen molar-refractivity contribution in [1.82, 2.24) is 19.9 Å². The van der Waals surface area contributed by atoms with Gasteiger partial charge < -0.3 is 0 Å². The molecule has 4 nitrogen and oxygen atoms in total. The predicted molar refractivity (Wildman–Crippen MR) is 254 cm³/mol. The summed E-state index contributed by atoms with van der Waals surface area (Å²) in [5, 5.41) is 0. The van der Waals surface area contributed by atoms with Gasteiger partial charge in [-0.25, -0.2) is 0 Å². The van der Waals surface area contributed by atoms with E-state index in [1.165, 1.54) is 115 Å². The largest absolute Gasteiger partial charge is 0.265 e. The Kier molecular flexibility index (Phi) is 11.4. The van der Waals surface area contributed by atoms with Crippen LogP contribution in [0, 0.1) is 17.4 Å². The van der Waals surface area contributed by atoms with Gasteiger partial charge >= 0.3 is 0 Å². The Labute approximate surface area is 363 Å². The highest BCUT2D eigenvalue weighted by Crippen LogP contribution is 2.47. The fourth-order valence-corrected chi connectivity index (χ4v) is 9.70. The van der Waals surface area contributed by atoms with Gasteiger partial charge in [-0.05, 0) is 267 Å². The van der Waals surface area contributed by atoms with E-state index >= 15 is 0 Å². The quantitative estimate of drug-likeness (QED) is 0.150. The number of allylic oxidation sites excluding steroid dienone is 11. The minimum Gasteiger partial charge on any atom is -0.265 e. The molecule has 0 saturated heterocycles. The molecule has 0 fully saturated rings. The second-order valence-electron chi connectivity index (χ2n) is 15.9. The second kappa shape index (κ2) is 16.8. The maximum Gasteiger partial charge on any atom is 0.0273 e. The van der Waals surface area contributed by atoms with Gasteiger partial charge in [0.1, 0.15) is 0 Å². The zero-order chi connectivity index (χ0) is 41.4. The van der Waals surface area contributed by atoms with E-state index in [1.54, 1.807) is 0 Å². The van der Waals surface area contributed by atoms with Gasteiger partial charge in [0.25, 0.3) is 0 Å². The van der Waals surface area contributed by atoms with Crippen molar-refractivity contribution in [2.75, 3.05) is 0 Å². The maximum absolute atomic E-state index is 4.71. The molecule has 0 radical (unpaired) electrons. The molecule has 0 unspecified atom stereocenters. The highest BCUT2D eigenvalue weighted by atomic mass is 127. The van der Waals surface area contributed by atoms with Crippen molar-refractivity contribution >= 4 is 33.7 Å². The first-order valence-corrected chi connectivity index (χ1v) is 21.3. The molecule has 0 saturated carbocycles. The van der Waals surface area contributed by atoms with E-state index in [1.807, 2.05) is 49.6 Å². The molecule has 2 bridgehead atoms. The Hall–Kier alpha value is -5.79. The van der Waals surface area contributed by atoms with E-state index in [9.17, 15) is 0 Å². The molecule has 0 spiro atoms. The van der Waals surface area contributed by atoms with Gasteiger partial charge in [0.05, 0.1) is 0 Å². The molecule has 2 aliphatic carbocycles. The van der Waals surface area contributed by atoms with Crippen LogP contribution >= 0.6 is 22.6 Å². The second-order valence-corrected chi connectivity index (χ2v) is 17.0. The SMILES string of the molecule is C=C(/C(C)=C1Cc2cc(-c3ccncc3)cc(c2C)CC2=C(C)C(c3ccncc3)=C(C)C(Cc3cc(-c4ccncc4)cc(C)c3I)=C(C)/C2=C/1C)c1ccncc1. The standard InChI is InChI=1S/C54H49IN4/c1-32-25-46(41-11-19-57-20-12-41)28-48(54(32)55)31-50-36(5)52(43-15-23-59-24-16-43)39(8)51-30-45-27-47(42-13-21-58-22-14-42)26-44(35(45)4)29-49(37(6)53(51)38(50)7)34(3)33(2)40-9-17-56-18-10-40/h9-28H,2,29-31H2,1,3-8H3/b49-34-,53-37-. The molecule has 8 rings (SSSR count). The van der Waals surface area contributed by atoms with Crippen molar-refractivity contribution in [2.24, 2.45) is 0 Å². The summed E-state index contributed by atoms with van der Waals surface area (Å²) in [7, 11) is 0. The van der Waals surface area contributed by atoms with Gasteiger partial charge in [0.2, 0.25) is 0 Å². The van der Waals surface area contributed by atoms with Crippen molar-refractivity contribution in [2.45, 2.75) is 67.7 Å². The summed E-state index contributed by atoms with van der Waals surface area (Å²) >= 11 is 2.56. The number of aryl methyl sites for hydroxylation is 1. The summed E-state index contributed by atoms with van der Waals surface area (Å²) in [6.45, 7) is 21.0. The number of nitrogens with zero attached hydrogens (tertiary/aromatic N) is 4. The number of aromatic nitrogens is 4. The first kappa shape index (κ1) is 40.0. The molecule has 2 aromatic carbocycles. The summed E-state index contributed by atoms with van der Waals surface area (Å²) in [4.78, 5) is 17.4. The zero-order valence-electron chi connectivity index (χ0n) is 35.0. The molecule has 59 heavy (non-hydrogen) atoms. The number of pyridine rings is 4. The third-order valence-electron chi connectivity index (χ3n) is 12.6. The zero-order valence-corrected chi connectivity index (χ0v) is 37.2. The van der Waals surface area contributed by atoms with Crippen LogP contribution in [0.4, 0.5) is 0 Å². The smallest absolute Gasteiger partial charge is 0.0273 e. The number of hydrogen-bond acceptors (Lipinski definition) is 4. The van der Waals surface area contributed by atoms with E-state index in [4.69, 9.17) is 6.58 Å². The Bertz CT molecular complexity index is 2790. The average Bonchev–Trinajstić information content (AvgIpc) is 3.32. The Morgan fingerprint density at radius 1 is 0.559 bits per heavy atom. The van der Waals surface area contributed by atoms with Gasteiger partial charge in [-0.1, -0.05) is 24.8 Å². The van der Waals surface area contributed by atoms with Crippen molar-refractivity contribution in [3.05, 3.63) is 222 Å². The van der Waals surface area contributed by atoms with Crippen molar-refractivity contribution in [3.8, 4) is 22.3 Å². The molecule has 0 amide bonds. The van der Waals surface area contributed by atoms with Crippen LogP contribution in [0.5, 0.6) is 0 Å². The van der Waals surface area contributed by atoms with Crippen LogP contribution in [0.15, 0.2) is 179 Å². The summed E-state index contributed by atoms with van der Waals surface area (Å²) in [6, 6.07) is 26.5. The first-order valence-electron chi connectivity index (χ1n) is 20.3. The normalized spacial score (nSPS) is 16.6. The van der Waals surface area contributed by atoms with Crippen LogP contribution in [0.1, 0.15) is 73.6 Å². The lowest BCUT2D eigenvalue weighted by Crippen LogP contribution is -2.07. The van der Waals surface area contributed by atoms with E-state index in [0.29, 0.717) is 0 Å². The van der Waals surface area contributed by atoms with Gasteiger partial charge in [-0.2, -0.15) is 0 Å². The molecule has 5 heteroatoms. The molecule has 4 aromatic heterocycles. The maximum atomic E-state index is 4.71. The first-order chi connectivity index (χ1) is 28.5. The third-order valence-corrected chi connectivity index (χ3v) is 14.1. The van der Waals surface area contributed by atoms with Crippen LogP contribution in [0.2, 0.25) is 0 Å². The topological polar surface area (TPSA) is 51.6 Å². The van der Waals surface area contributed by atoms with E-state index in [-0.39, 0.29) is 0 Å². The highest BCUT2D eigenvalue weighted by Gasteiger charge is 2.30. The molecule has 6 aromatic rings. The molecule has 0 atom stereocenters. The number of fused-ring (bicyclic) bond motifs is 3. The van der Waals surface area contributed by atoms with Gasteiger partial charge in [0.15, 0.2) is 0 Å². The number of hydrogen-bond donors (Lipinski definition) is 0. The minimum atomic E-state index is 0.784. The van der Waals surface area contributed by atoms with E-state index in [0.717, 1.165) is 30.4 Å². The number of halogens is 1. The lowest BCUT2D eigenvalue weighted by Gasteiger charge is -2.23. The highest BCUT2D eigenvalue weighted by molar-refractivity contribution is 14.1. The molecule has 0 N–H and O–H groups in total. The summed E-state index contributed by atoms with van der Waals surface area (Å²) in [5.74, 6) is 0. The summed E-state index contributed by atoms with van der Waals surface area (Å²) in [5.41, 5.74) is 27.8. The lowest BCUT2D eigenvalue weighted by atomic mass is 9.81. The van der Waals surface area contributed by atoms with Crippen LogP contribution in [0.25, 0.3) is 33.4 Å². The lowest BCUT2D eigenvalue weighted by molar-refractivity contribution is 1.06. The predicted octanol–water partition coefficient (Wildman–Crippen LogP) is 13.6. The van der Waals surface area contributed by atoms with Gasteiger partial charge in [-0.15, -0.1) is 0 Å². The average molecular weight is 881 g/mol. The van der Waals surface area contributed by atoms with Crippen LogP contribution in [0.3, 0.4) is 0 Å². The Morgan fingerprint density at radius 2 is 1.07 bits per heavy atom. The van der Waals surface area contributed by atoms with Crippen LogP contribution < -0.4 is 0 Å². The molecular weight excluding hydrogens is 832 g/mol. The molecular formula is C54H49IN4. The number of benzene rings is 2. The van der Waals surface area contributed by atoms with Crippen molar-refractivity contribution in [1.29, 1.82) is 0 Å². The fraction of sp³-hybridized carbons (Fsp3) is 0.185. The van der Waals surface area contributed by atoms with Crippen molar-refractivity contribution in [3.63, 3.8) is 0 Å². The fourth-order valence-electron chi connectivity index (χ4n) is 9.20. The van der Waals surface area contributed by atoms with Gasteiger partial charge in [0, 0.05) is 53.1 Å². The molecule has 0 aliphatic heterocycles. The van der Waals surface area contributed by atoms with E-state index < -0.39 is 0 Å². The van der Waals surface area contributed by atoms with Crippen LogP contribution in [-0.4, -0.2) is 19.9 Å². The molecule has 292 valence electrons. The van der Waals surface area contributed by atoms with Crippen molar-refractivity contribution < 1.29 is 0 Å². The minimum absolute atomic E-state index is 0.784.